The van der Waals surface area contributed by atoms with Crippen LogP contribution in [0, 0.1) is 19.7 Å². The van der Waals surface area contributed by atoms with Gasteiger partial charge in [0.05, 0.1) is 6.54 Å². The number of aromatic nitrogens is 2. The van der Waals surface area contributed by atoms with Crippen LogP contribution in [-0.2, 0) is 17.8 Å². The number of aryl methyl sites for hydroxylation is 1. The molecule has 3 heterocycles. The second-order valence-electron chi connectivity index (χ2n) is 8.91. The maximum atomic E-state index is 13.2. The number of amides is 3. The van der Waals surface area contributed by atoms with Gasteiger partial charge in [0.25, 0.3) is 5.91 Å². The molecule has 0 bridgehead atoms. The van der Waals surface area contributed by atoms with Gasteiger partial charge in [0.1, 0.15) is 11.9 Å². The highest BCUT2D eigenvalue weighted by Gasteiger charge is 2.39. The maximum absolute atomic E-state index is 13.2. The number of imide groups is 1. The molecule has 178 valence electrons. The molecule has 1 aliphatic rings. The minimum atomic E-state index is -0.722. The number of urea groups is 1. The van der Waals surface area contributed by atoms with Crippen molar-refractivity contribution in [3.63, 3.8) is 0 Å². The molecule has 2 aromatic heterocycles. The van der Waals surface area contributed by atoms with Crippen LogP contribution in [0.15, 0.2) is 60.8 Å². The van der Waals surface area contributed by atoms with E-state index in [1.807, 2.05) is 48.9 Å². The highest BCUT2D eigenvalue weighted by Crippen LogP contribution is 2.22. The fraction of sp³-hybridized carbons (Fsp3) is 0.222. The van der Waals surface area contributed by atoms with Gasteiger partial charge in [-0.25, -0.2) is 9.18 Å². The summed E-state index contributed by atoms with van der Waals surface area (Å²) < 4.78 is 15.2. The highest BCUT2D eigenvalue weighted by atomic mass is 19.1. The topological polar surface area (TPSA) is 87.2 Å². The lowest BCUT2D eigenvalue weighted by molar-refractivity contribution is -0.127. The largest absolute Gasteiger partial charge is 0.361 e. The van der Waals surface area contributed by atoms with Crippen LogP contribution in [0.3, 0.4) is 0 Å². The van der Waals surface area contributed by atoms with Crippen molar-refractivity contribution in [1.29, 1.82) is 0 Å². The summed E-state index contributed by atoms with van der Waals surface area (Å²) in [6, 6.07) is 14.5. The van der Waals surface area contributed by atoms with Crippen molar-refractivity contribution in [2.24, 2.45) is 0 Å². The first-order chi connectivity index (χ1) is 16.8. The van der Waals surface area contributed by atoms with E-state index in [2.05, 4.69) is 10.3 Å². The lowest BCUT2D eigenvalue weighted by Crippen LogP contribution is -2.36. The van der Waals surface area contributed by atoms with Gasteiger partial charge in [-0.1, -0.05) is 30.3 Å². The third-order valence-electron chi connectivity index (χ3n) is 6.64. The van der Waals surface area contributed by atoms with E-state index in [-0.39, 0.29) is 18.1 Å². The van der Waals surface area contributed by atoms with Crippen molar-refractivity contribution in [2.45, 2.75) is 32.9 Å². The van der Waals surface area contributed by atoms with E-state index in [0.29, 0.717) is 18.5 Å². The summed E-state index contributed by atoms with van der Waals surface area (Å²) in [5, 5.41) is 3.72. The van der Waals surface area contributed by atoms with E-state index in [9.17, 15) is 18.8 Å². The standard InChI is InChI=1S/C27H25FN4O3/c1-16-11-22(17(2)31(16)14-18-7-9-20(28)10-8-18)25(33)15-32-26(34)24(30-27(32)35)12-19-13-29-23-6-4-3-5-21(19)23/h3-11,13,24,29H,12,14-15H2,1-2H3,(H,30,35). The van der Waals surface area contributed by atoms with Gasteiger partial charge in [-0.15, -0.1) is 0 Å². The first-order valence-corrected chi connectivity index (χ1v) is 11.4. The molecule has 4 aromatic rings. The molecule has 1 unspecified atom stereocenters. The van der Waals surface area contributed by atoms with Gasteiger partial charge in [-0.3, -0.25) is 14.5 Å². The predicted molar refractivity (Wildman–Crippen MR) is 130 cm³/mol. The van der Waals surface area contributed by atoms with Gasteiger partial charge in [0, 0.05) is 47.0 Å². The average molecular weight is 473 g/mol. The molecule has 1 atom stereocenters. The minimum Gasteiger partial charge on any atom is -0.361 e. The number of para-hydroxylation sites is 1. The van der Waals surface area contributed by atoms with Crippen molar-refractivity contribution in [2.75, 3.05) is 6.54 Å². The van der Waals surface area contributed by atoms with Crippen LogP contribution in [-0.4, -0.2) is 44.8 Å². The molecule has 8 heteroatoms. The van der Waals surface area contributed by atoms with E-state index in [1.54, 1.807) is 18.2 Å². The number of carbonyl (C=O) groups is 3. The molecule has 0 aliphatic carbocycles. The molecule has 1 saturated heterocycles. The minimum absolute atomic E-state index is 0.304. The van der Waals surface area contributed by atoms with Crippen LogP contribution in [0.25, 0.3) is 10.9 Å². The van der Waals surface area contributed by atoms with Gasteiger partial charge >= 0.3 is 6.03 Å². The van der Waals surface area contributed by atoms with Gasteiger partial charge in [0.15, 0.2) is 5.78 Å². The summed E-state index contributed by atoms with van der Waals surface area (Å²) in [5.41, 5.74) is 4.86. The van der Waals surface area contributed by atoms with Crippen LogP contribution in [0.4, 0.5) is 9.18 Å². The Kier molecular flexibility index (Phi) is 5.72. The number of aromatic amines is 1. The number of benzene rings is 2. The lowest BCUT2D eigenvalue weighted by Gasteiger charge is -2.13. The van der Waals surface area contributed by atoms with E-state index in [1.165, 1.54) is 12.1 Å². The van der Waals surface area contributed by atoms with Gasteiger partial charge in [-0.05, 0) is 49.2 Å². The average Bonchev–Trinajstić information content (AvgIpc) is 3.46. The van der Waals surface area contributed by atoms with Crippen molar-refractivity contribution in [1.82, 2.24) is 19.8 Å². The smallest absolute Gasteiger partial charge is 0.325 e. The van der Waals surface area contributed by atoms with Crippen LogP contribution in [0.5, 0.6) is 0 Å². The van der Waals surface area contributed by atoms with Crippen LogP contribution < -0.4 is 5.32 Å². The molecule has 1 fully saturated rings. The van der Waals surface area contributed by atoms with Gasteiger partial charge in [-0.2, -0.15) is 0 Å². The zero-order valence-corrected chi connectivity index (χ0v) is 19.5. The number of hydrogen-bond donors (Lipinski definition) is 2. The lowest BCUT2D eigenvalue weighted by atomic mass is 10.0. The Morgan fingerprint density at radius 1 is 1.06 bits per heavy atom. The number of hydrogen-bond acceptors (Lipinski definition) is 3. The van der Waals surface area contributed by atoms with Crippen molar-refractivity contribution in [3.8, 4) is 0 Å². The highest BCUT2D eigenvalue weighted by molar-refractivity contribution is 6.09. The SMILES string of the molecule is Cc1cc(C(=O)CN2C(=O)NC(Cc3c[nH]c4ccccc34)C2=O)c(C)n1Cc1ccc(F)cc1. The number of nitrogens with one attached hydrogen (secondary N) is 2. The molecule has 2 N–H and O–H groups in total. The van der Waals surface area contributed by atoms with Crippen LogP contribution in [0.1, 0.15) is 32.9 Å². The second kappa shape index (κ2) is 8.87. The number of Topliss-reactive ketones (excluding diaryl/α,β-unsaturated/α-hetero) is 1. The number of nitrogens with zero attached hydrogens (tertiary/aromatic N) is 2. The summed E-state index contributed by atoms with van der Waals surface area (Å²) in [6.07, 6.45) is 2.18. The summed E-state index contributed by atoms with van der Waals surface area (Å²) in [7, 11) is 0. The van der Waals surface area contributed by atoms with Crippen molar-refractivity contribution < 1.29 is 18.8 Å². The molecule has 0 radical (unpaired) electrons. The molecular formula is C27H25FN4O3. The Morgan fingerprint density at radius 2 is 1.80 bits per heavy atom. The van der Waals surface area contributed by atoms with E-state index in [4.69, 9.17) is 0 Å². The normalized spacial score (nSPS) is 15.7. The number of halogens is 1. The zero-order chi connectivity index (χ0) is 24.7. The summed E-state index contributed by atoms with van der Waals surface area (Å²) >= 11 is 0. The number of ketones is 1. The van der Waals surface area contributed by atoms with Crippen LogP contribution in [0.2, 0.25) is 0 Å². The molecule has 3 amide bonds. The quantitative estimate of drug-likeness (QED) is 0.313. The number of carbonyl (C=O) groups excluding carboxylic acids is 3. The first kappa shape index (κ1) is 22.6. The van der Waals surface area contributed by atoms with Crippen LogP contribution >= 0.6 is 0 Å². The molecule has 0 spiro atoms. The van der Waals surface area contributed by atoms with Gasteiger partial charge in [0.2, 0.25) is 0 Å². The number of H-pyrrole nitrogens is 1. The Balaban J connectivity index is 1.30. The van der Waals surface area contributed by atoms with Gasteiger partial charge < -0.3 is 14.9 Å². The van der Waals surface area contributed by atoms with E-state index >= 15 is 0 Å². The number of rotatable bonds is 7. The van der Waals surface area contributed by atoms with Crippen molar-refractivity contribution >= 4 is 28.6 Å². The first-order valence-electron chi connectivity index (χ1n) is 11.4. The van der Waals surface area contributed by atoms with Crippen molar-refractivity contribution in [3.05, 3.63) is 94.7 Å². The Labute approximate surface area is 201 Å². The summed E-state index contributed by atoms with van der Waals surface area (Å²) in [5.74, 6) is -1.02. The second-order valence-corrected chi connectivity index (χ2v) is 8.91. The molecule has 5 rings (SSSR count). The molecular weight excluding hydrogens is 447 g/mol. The predicted octanol–water partition coefficient (Wildman–Crippen LogP) is 4.12. The summed E-state index contributed by atoms with van der Waals surface area (Å²) in [6.45, 7) is 3.88. The Hall–Kier alpha value is -4.20. The summed E-state index contributed by atoms with van der Waals surface area (Å²) in [4.78, 5) is 42.9. The van der Waals surface area contributed by atoms with E-state index in [0.717, 1.165) is 38.3 Å². The molecule has 2 aromatic carbocycles. The number of fused-ring (bicyclic) bond motifs is 1. The fourth-order valence-electron chi connectivity index (χ4n) is 4.71. The fourth-order valence-corrected chi connectivity index (χ4v) is 4.71. The third kappa shape index (κ3) is 4.23. The molecule has 0 saturated carbocycles. The third-order valence-corrected chi connectivity index (χ3v) is 6.64. The monoisotopic (exact) mass is 472 g/mol. The Morgan fingerprint density at radius 3 is 2.57 bits per heavy atom. The molecule has 1 aliphatic heterocycles. The maximum Gasteiger partial charge on any atom is 0.325 e. The van der Waals surface area contributed by atoms with E-state index < -0.39 is 18.0 Å². The zero-order valence-electron chi connectivity index (χ0n) is 19.5. The molecule has 35 heavy (non-hydrogen) atoms. The molecule has 7 nitrogen and oxygen atoms in total. The Bertz CT molecular complexity index is 1450.